The van der Waals surface area contributed by atoms with Crippen molar-refractivity contribution in [3.63, 3.8) is 0 Å². The van der Waals surface area contributed by atoms with Crippen molar-refractivity contribution in [3.05, 3.63) is 70.3 Å². The quantitative estimate of drug-likeness (QED) is 0.449. The highest BCUT2D eigenvalue weighted by Crippen LogP contribution is 2.33. The number of hydrogen-bond donors (Lipinski definition) is 2. The maximum absolute atomic E-state index is 6.07. The Bertz CT molecular complexity index is 904. The van der Waals surface area contributed by atoms with Crippen LogP contribution in [0, 0.1) is 6.92 Å². The van der Waals surface area contributed by atoms with Gasteiger partial charge >= 0.3 is 0 Å². The summed E-state index contributed by atoms with van der Waals surface area (Å²) in [5, 5.41) is 4.12. The first-order valence-electron chi connectivity index (χ1n) is 7.85. The number of benzene rings is 2. The fraction of sp³-hybridized carbons (Fsp3) is 0.105. The van der Waals surface area contributed by atoms with Crippen molar-refractivity contribution < 1.29 is 4.74 Å². The first kappa shape index (κ1) is 18.7. The van der Waals surface area contributed by atoms with Crippen molar-refractivity contribution >= 4 is 46.5 Å². The van der Waals surface area contributed by atoms with Crippen molar-refractivity contribution in [2.75, 3.05) is 17.1 Å². The van der Waals surface area contributed by atoms with Crippen molar-refractivity contribution in [3.8, 4) is 11.6 Å². The van der Waals surface area contributed by atoms with Crippen molar-refractivity contribution in [2.45, 2.75) is 11.8 Å². The highest BCUT2D eigenvalue weighted by Gasteiger charge is 2.09. The molecule has 0 aliphatic carbocycles. The van der Waals surface area contributed by atoms with Crippen LogP contribution in [0.4, 0.5) is 11.4 Å². The van der Waals surface area contributed by atoms with Gasteiger partial charge in [-0.05, 0) is 73.0 Å². The van der Waals surface area contributed by atoms with E-state index < -0.39 is 0 Å². The van der Waals surface area contributed by atoms with Crippen LogP contribution in [0.2, 0.25) is 10.0 Å². The second kappa shape index (κ2) is 8.54. The molecule has 1 aromatic heterocycles. The highest BCUT2D eigenvalue weighted by atomic mass is 35.5. The number of ether oxygens (including phenoxy) is 1. The maximum Gasteiger partial charge on any atom is 0.243 e. The molecular formula is C19H17Cl2N3OS. The molecule has 0 aliphatic heterocycles. The van der Waals surface area contributed by atoms with Crippen LogP contribution in [0.15, 0.2) is 59.6 Å². The van der Waals surface area contributed by atoms with Gasteiger partial charge in [0.25, 0.3) is 0 Å². The van der Waals surface area contributed by atoms with Gasteiger partial charge in [-0.15, -0.1) is 0 Å². The minimum atomic E-state index is 0.500. The summed E-state index contributed by atoms with van der Waals surface area (Å²) >= 11 is 13.4. The summed E-state index contributed by atoms with van der Waals surface area (Å²) in [7, 11) is 1.87. The van der Waals surface area contributed by atoms with Crippen LogP contribution in [0.5, 0.6) is 11.6 Å². The maximum atomic E-state index is 6.07. The molecule has 0 saturated carbocycles. The third kappa shape index (κ3) is 4.75. The van der Waals surface area contributed by atoms with Crippen LogP contribution in [0.3, 0.4) is 0 Å². The predicted octanol–water partition coefficient (Wildman–Crippen LogP) is 6.65. The molecule has 134 valence electrons. The molecule has 7 heteroatoms. The molecule has 3 aromatic rings. The second-order valence-electron chi connectivity index (χ2n) is 5.52. The van der Waals surface area contributed by atoms with E-state index >= 15 is 0 Å². The van der Waals surface area contributed by atoms with Crippen molar-refractivity contribution in [1.82, 2.24) is 4.98 Å². The number of aryl methyl sites for hydroxylation is 1. The van der Waals surface area contributed by atoms with Gasteiger partial charge in [0.15, 0.2) is 0 Å². The molecule has 1 heterocycles. The second-order valence-corrected chi connectivity index (χ2v) is 7.22. The van der Waals surface area contributed by atoms with E-state index in [0.717, 1.165) is 21.8 Å². The topological polar surface area (TPSA) is 46.2 Å². The summed E-state index contributed by atoms with van der Waals surface area (Å²) in [6, 6.07) is 15.1. The lowest BCUT2D eigenvalue weighted by molar-refractivity contribution is 0.465. The summed E-state index contributed by atoms with van der Waals surface area (Å²) in [5.74, 6) is 1.21. The molecule has 0 fully saturated rings. The predicted molar refractivity (Wildman–Crippen MR) is 111 cm³/mol. The molecule has 0 amide bonds. The minimum Gasteiger partial charge on any atom is -0.437 e. The number of nitrogens with one attached hydrogen (secondary N) is 2. The van der Waals surface area contributed by atoms with E-state index in [0.29, 0.717) is 21.7 Å². The number of hydrogen-bond acceptors (Lipinski definition) is 5. The van der Waals surface area contributed by atoms with Crippen molar-refractivity contribution in [2.24, 2.45) is 0 Å². The molecular weight excluding hydrogens is 389 g/mol. The van der Waals surface area contributed by atoms with Gasteiger partial charge in [0.05, 0.1) is 10.0 Å². The third-order valence-electron chi connectivity index (χ3n) is 3.52. The summed E-state index contributed by atoms with van der Waals surface area (Å²) in [6.45, 7) is 1.98. The van der Waals surface area contributed by atoms with Gasteiger partial charge in [0, 0.05) is 23.8 Å². The zero-order valence-corrected chi connectivity index (χ0v) is 16.5. The first-order chi connectivity index (χ1) is 12.5. The Morgan fingerprint density at radius 3 is 2.46 bits per heavy atom. The molecule has 4 nitrogen and oxygen atoms in total. The van der Waals surface area contributed by atoms with Crippen molar-refractivity contribution in [1.29, 1.82) is 0 Å². The average Bonchev–Trinajstić information content (AvgIpc) is 2.65. The molecule has 0 atom stereocenters. The Kier molecular flexibility index (Phi) is 6.14. The van der Waals surface area contributed by atoms with E-state index in [2.05, 4.69) is 15.0 Å². The lowest BCUT2D eigenvalue weighted by Crippen LogP contribution is -1.96. The smallest absolute Gasteiger partial charge is 0.243 e. The molecule has 26 heavy (non-hydrogen) atoms. The summed E-state index contributed by atoms with van der Waals surface area (Å²) < 4.78 is 9.21. The molecule has 0 radical (unpaired) electrons. The standard InChI is InChI=1S/C19H17Cl2N3OS/c1-12-9-18(24-26-15-7-8-16(20)17(21)10-15)19(23-11-12)25-14-5-3-13(22-2)4-6-14/h3-11,22,24H,1-2H3. The fourth-order valence-electron chi connectivity index (χ4n) is 2.17. The highest BCUT2D eigenvalue weighted by molar-refractivity contribution is 8.00. The van der Waals surface area contributed by atoms with Gasteiger partial charge in [-0.2, -0.15) is 0 Å². The molecule has 0 unspecified atom stereocenters. The lowest BCUT2D eigenvalue weighted by atomic mass is 10.3. The van der Waals surface area contributed by atoms with Gasteiger partial charge in [-0.3, -0.25) is 0 Å². The lowest BCUT2D eigenvalue weighted by Gasteiger charge is -2.13. The van der Waals surface area contributed by atoms with E-state index in [-0.39, 0.29) is 0 Å². The van der Waals surface area contributed by atoms with E-state index in [1.807, 2.05) is 56.4 Å². The molecule has 0 aliphatic rings. The average molecular weight is 406 g/mol. The molecule has 0 bridgehead atoms. The zero-order valence-electron chi connectivity index (χ0n) is 14.2. The number of pyridine rings is 1. The summed E-state index contributed by atoms with van der Waals surface area (Å²) in [6.07, 6.45) is 1.77. The van der Waals surface area contributed by atoms with Crippen LogP contribution in [0.25, 0.3) is 0 Å². The van der Waals surface area contributed by atoms with E-state index in [9.17, 15) is 0 Å². The van der Waals surface area contributed by atoms with Crippen LogP contribution in [-0.2, 0) is 0 Å². The van der Waals surface area contributed by atoms with Crippen LogP contribution in [-0.4, -0.2) is 12.0 Å². The Labute approximate surface area is 167 Å². The van der Waals surface area contributed by atoms with E-state index in [4.69, 9.17) is 27.9 Å². The molecule has 3 rings (SSSR count). The summed E-state index contributed by atoms with van der Waals surface area (Å²) in [4.78, 5) is 5.33. The Hall–Kier alpha value is -2.08. The van der Waals surface area contributed by atoms with Gasteiger partial charge < -0.3 is 14.8 Å². The van der Waals surface area contributed by atoms with E-state index in [1.54, 1.807) is 12.3 Å². The Balaban J connectivity index is 1.77. The normalized spacial score (nSPS) is 10.5. The van der Waals surface area contributed by atoms with Gasteiger partial charge in [-0.25, -0.2) is 4.98 Å². The number of halogens is 2. The SMILES string of the molecule is CNc1ccc(Oc2ncc(C)cc2NSc2ccc(Cl)c(Cl)c2)cc1. The Morgan fingerprint density at radius 2 is 1.77 bits per heavy atom. The van der Waals surface area contributed by atoms with Gasteiger partial charge in [0.2, 0.25) is 5.88 Å². The molecule has 2 aromatic carbocycles. The van der Waals surface area contributed by atoms with Crippen LogP contribution >= 0.6 is 35.1 Å². The fourth-order valence-corrected chi connectivity index (χ4v) is 3.22. The summed E-state index contributed by atoms with van der Waals surface area (Å²) in [5.41, 5.74) is 2.82. The van der Waals surface area contributed by atoms with Crippen LogP contribution < -0.4 is 14.8 Å². The molecule has 0 spiro atoms. The van der Waals surface area contributed by atoms with Gasteiger partial charge in [-0.1, -0.05) is 23.2 Å². The van der Waals surface area contributed by atoms with Crippen LogP contribution in [0.1, 0.15) is 5.56 Å². The third-order valence-corrected chi connectivity index (χ3v) is 5.07. The number of rotatable bonds is 6. The number of nitrogens with zero attached hydrogens (tertiary/aromatic N) is 1. The zero-order chi connectivity index (χ0) is 18.5. The number of aromatic nitrogens is 1. The minimum absolute atomic E-state index is 0.500. The Morgan fingerprint density at radius 1 is 1.00 bits per heavy atom. The molecule has 0 saturated heterocycles. The monoisotopic (exact) mass is 405 g/mol. The van der Waals surface area contributed by atoms with Gasteiger partial charge in [0.1, 0.15) is 11.4 Å². The number of anilines is 2. The van der Waals surface area contributed by atoms with E-state index in [1.165, 1.54) is 11.9 Å². The largest absolute Gasteiger partial charge is 0.437 e. The molecule has 2 N–H and O–H groups in total. The first-order valence-corrected chi connectivity index (χ1v) is 9.42.